The molecule has 0 unspecified atom stereocenters. The minimum absolute atomic E-state index is 0.00908. The Hall–Kier alpha value is -1.36. The lowest BCUT2D eigenvalue weighted by atomic mass is 9.96. The third kappa shape index (κ3) is 6.33. The molecule has 160 valence electrons. The Morgan fingerprint density at radius 3 is 2.04 bits per heavy atom. The fourth-order valence-corrected chi connectivity index (χ4v) is 4.39. The number of aromatic nitrogens is 2. The van der Waals surface area contributed by atoms with Gasteiger partial charge in [-0.25, -0.2) is 9.78 Å². The van der Waals surface area contributed by atoms with E-state index in [0.717, 1.165) is 25.7 Å². The Morgan fingerprint density at radius 1 is 0.964 bits per heavy atom. The molecule has 1 aromatic rings. The van der Waals surface area contributed by atoms with Crippen molar-refractivity contribution in [1.29, 1.82) is 0 Å². The van der Waals surface area contributed by atoms with Gasteiger partial charge in [-0.1, -0.05) is 65.2 Å². The van der Waals surface area contributed by atoms with E-state index in [9.17, 15) is 4.79 Å². The van der Waals surface area contributed by atoms with E-state index < -0.39 is 5.72 Å². The summed E-state index contributed by atoms with van der Waals surface area (Å²) in [4.78, 5) is 19.3. The van der Waals surface area contributed by atoms with Gasteiger partial charge in [-0.15, -0.1) is 0 Å². The summed E-state index contributed by atoms with van der Waals surface area (Å²) >= 11 is 0. The number of hydrogen-bond donors (Lipinski definition) is 0. The van der Waals surface area contributed by atoms with Crippen molar-refractivity contribution < 1.29 is 9.53 Å². The minimum Gasteiger partial charge on any atom is -0.348 e. The molecule has 5 heteroatoms. The summed E-state index contributed by atoms with van der Waals surface area (Å²) in [5.41, 5.74) is -0.799. The number of amides is 1. The quantitative estimate of drug-likeness (QED) is 0.388. The zero-order valence-corrected chi connectivity index (χ0v) is 18.6. The Morgan fingerprint density at radius 2 is 1.54 bits per heavy atom. The second-order valence-electron chi connectivity index (χ2n) is 8.98. The Balaban J connectivity index is 2.12. The zero-order valence-electron chi connectivity index (χ0n) is 18.6. The molecule has 1 aliphatic rings. The van der Waals surface area contributed by atoms with E-state index in [1.54, 1.807) is 23.3 Å². The minimum atomic E-state index is -0.483. The van der Waals surface area contributed by atoms with Gasteiger partial charge >= 0.3 is 6.03 Å². The maximum Gasteiger partial charge on any atom is 0.331 e. The highest BCUT2D eigenvalue weighted by molar-refractivity contribution is 5.77. The molecule has 0 aromatic carbocycles. The number of ether oxygens (including phenoxy) is 1. The van der Waals surface area contributed by atoms with E-state index in [1.165, 1.54) is 51.4 Å². The van der Waals surface area contributed by atoms with Crippen molar-refractivity contribution >= 4 is 6.03 Å². The lowest BCUT2D eigenvalue weighted by Crippen LogP contribution is -2.49. The summed E-state index contributed by atoms with van der Waals surface area (Å²) < 4.78 is 8.24. The van der Waals surface area contributed by atoms with E-state index in [0.29, 0.717) is 6.54 Å². The van der Waals surface area contributed by atoms with Gasteiger partial charge in [0.2, 0.25) is 0 Å². The van der Waals surface area contributed by atoms with Crippen LogP contribution in [0.1, 0.15) is 105 Å². The van der Waals surface area contributed by atoms with Gasteiger partial charge in [0, 0.05) is 12.4 Å². The van der Waals surface area contributed by atoms with E-state index in [2.05, 4.69) is 32.7 Å². The average Bonchev–Trinajstić information content (AvgIpc) is 3.27. The Bertz CT molecular complexity index is 554. The van der Waals surface area contributed by atoms with Crippen LogP contribution in [0.2, 0.25) is 0 Å². The first-order chi connectivity index (χ1) is 13.4. The fraction of sp³-hybridized carbons (Fsp3) is 0.826. The molecule has 2 rings (SSSR count). The molecule has 0 bridgehead atoms. The van der Waals surface area contributed by atoms with Crippen LogP contribution < -0.4 is 0 Å². The van der Waals surface area contributed by atoms with E-state index in [4.69, 9.17) is 4.74 Å². The van der Waals surface area contributed by atoms with Crippen LogP contribution in [0.3, 0.4) is 0 Å². The summed E-state index contributed by atoms with van der Waals surface area (Å²) in [6.07, 6.45) is 19.1. The van der Waals surface area contributed by atoms with Crippen molar-refractivity contribution in [2.75, 3.05) is 6.54 Å². The molecule has 1 fully saturated rings. The van der Waals surface area contributed by atoms with E-state index in [1.807, 2.05) is 4.90 Å². The number of carbonyl (C=O) groups is 1. The van der Waals surface area contributed by atoms with E-state index >= 15 is 0 Å². The maximum absolute atomic E-state index is 13.3. The lowest BCUT2D eigenvalue weighted by Gasteiger charge is -2.38. The molecule has 0 spiro atoms. The first-order valence-electron chi connectivity index (χ1n) is 11.4. The molecule has 0 aliphatic carbocycles. The molecule has 0 saturated carbocycles. The molecule has 5 nitrogen and oxygen atoms in total. The van der Waals surface area contributed by atoms with Crippen LogP contribution in [0, 0.1) is 0 Å². The van der Waals surface area contributed by atoms with Gasteiger partial charge in [-0.3, -0.25) is 9.47 Å². The van der Waals surface area contributed by atoms with Crippen LogP contribution >= 0.6 is 0 Å². The second kappa shape index (κ2) is 11.0. The fourth-order valence-electron chi connectivity index (χ4n) is 4.39. The van der Waals surface area contributed by atoms with Crippen LogP contribution in [0.25, 0.3) is 0 Å². The number of hydrogen-bond acceptors (Lipinski definition) is 3. The van der Waals surface area contributed by atoms with Crippen LogP contribution in [-0.4, -0.2) is 38.4 Å². The molecule has 0 atom stereocenters. The van der Waals surface area contributed by atoms with Crippen LogP contribution in [0.5, 0.6) is 0 Å². The molecular weight excluding hydrogens is 350 g/mol. The zero-order chi connectivity index (χ0) is 20.5. The first-order valence-corrected chi connectivity index (χ1v) is 11.4. The van der Waals surface area contributed by atoms with Gasteiger partial charge in [0.1, 0.15) is 12.1 Å². The normalized spacial score (nSPS) is 17.9. The average molecular weight is 392 g/mol. The van der Waals surface area contributed by atoms with E-state index in [-0.39, 0.29) is 11.6 Å². The largest absolute Gasteiger partial charge is 0.348 e. The van der Waals surface area contributed by atoms with Gasteiger partial charge in [-0.05, 0) is 39.5 Å². The van der Waals surface area contributed by atoms with Gasteiger partial charge in [-0.2, -0.15) is 0 Å². The van der Waals surface area contributed by atoms with Gasteiger partial charge in [0.25, 0.3) is 0 Å². The Kier molecular flexibility index (Phi) is 9.00. The highest BCUT2D eigenvalue weighted by Gasteiger charge is 2.51. The van der Waals surface area contributed by atoms with Gasteiger partial charge in [0.15, 0.2) is 0 Å². The third-order valence-electron chi connectivity index (χ3n) is 5.80. The molecule has 2 heterocycles. The molecule has 0 radical (unpaired) electrons. The molecule has 28 heavy (non-hydrogen) atoms. The van der Waals surface area contributed by atoms with Crippen molar-refractivity contribution in [2.45, 2.75) is 116 Å². The van der Waals surface area contributed by atoms with Crippen LogP contribution in [0.15, 0.2) is 18.7 Å². The summed E-state index contributed by atoms with van der Waals surface area (Å²) in [5.74, 6) is 0. The summed E-state index contributed by atoms with van der Waals surface area (Å²) in [6.45, 7) is 9.33. The van der Waals surface area contributed by atoms with Crippen molar-refractivity contribution in [3.05, 3.63) is 18.7 Å². The number of carbonyl (C=O) groups excluding carboxylic acids is 1. The second-order valence-corrected chi connectivity index (χ2v) is 8.98. The monoisotopic (exact) mass is 391 g/mol. The lowest BCUT2D eigenvalue weighted by molar-refractivity contribution is -0.129. The molecular formula is C23H41N3O2. The van der Waals surface area contributed by atoms with Crippen LogP contribution in [0.4, 0.5) is 4.79 Å². The number of unbranched alkanes of at least 4 members (excludes halogenated alkanes) is 8. The van der Waals surface area contributed by atoms with Crippen molar-refractivity contribution in [2.24, 2.45) is 0 Å². The number of imidazole rings is 1. The van der Waals surface area contributed by atoms with Crippen LogP contribution in [-0.2, 0) is 4.74 Å². The molecule has 1 aromatic heterocycles. The molecule has 0 N–H and O–H groups in total. The molecule has 1 aliphatic heterocycles. The highest BCUT2D eigenvalue weighted by Crippen LogP contribution is 2.41. The number of nitrogens with zero attached hydrogens (tertiary/aromatic N) is 3. The first kappa shape index (κ1) is 22.9. The smallest absolute Gasteiger partial charge is 0.331 e. The summed E-state index contributed by atoms with van der Waals surface area (Å²) in [6, 6.07) is -0.00908. The van der Waals surface area contributed by atoms with Gasteiger partial charge < -0.3 is 4.74 Å². The van der Waals surface area contributed by atoms with Crippen molar-refractivity contribution in [3.63, 3.8) is 0 Å². The summed E-state index contributed by atoms with van der Waals surface area (Å²) in [5, 5.41) is 0. The SMILES string of the molecule is CCCCCCCC1(CCCCCCC)OC(C)(C)CN1C(=O)n1ccnc1. The van der Waals surface area contributed by atoms with Crippen molar-refractivity contribution in [3.8, 4) is 0 Å². The predicted molar refractivity (Wildman–Crippen MR) is 114 cm³/mol. The molecule has 1 saturated heterocycles. The van der Waals surface area contributed by atoms with Gasteiger partial charge in [0.05, 0.1) is 12.1 Å². The topological polar surface area (TPSA) is 47.4 Å². The third-order valence-corrected chi connectivity index (χ3v) is 5.80. The predicted octanol–water partition coefficient (Wildman–Crippen LogP) is 6.38. The summed E-state index contributed by atoms with van der Waals surface area (Å²) in [7, 11) is 0. The van der Waals surface area contributed by atoms with Crippen molar-refractivity contribution in [1.82, 2.24) is 14.5 Å². The Labute approximate surface area is 171 Å². The maximum atomic E-state index is 13.3. The number of rotatable bonds is 12. The highest BCUT2D eigenvalue weighted by atomic mass is 16.6. The molecule has 1 amide bonds. The standard InChI is InChI=1S/C23H41N3O2/c1-5-7-9-11-13-15-23(16-14-12-10-8-6-2)26(19-22(3,4)28-23)21(27)25-18-17-24-20-25/h17-18,20H,5-16,19H2,1-4H3.